The molecule has 110 valence electrons. The maximum Gasteiger partial charge on any atom is 0.228 e. The molecule has 0 bridgehead atoms. The first-order valence-corrected chi connectivity index (χ1v) is 8.12. The standard InChI is InChI=1S/C16H16Br2N2O/c1-10-6-13(17)16(14(18)7-10)20-15(21)8-11-4-2-3-5-12(11)9-19/h2-7H,8-9,19H2,1H3,(H,20,21). The van der Waals surface area contributed by atoms with Gasteiger partial charge in [-0.3, -0.25) is 4.79 Å². The summed E-state index contributed by atoms with van der Waals surface area (Å²) in [4.78, 5) is 12.2. The number of rotatable bonds is 4. The van der Waals surface area contributed by atoms with Crippen molar-refractivity contribution in [1.82, 2.24) is 0 Å². The summed E-state index contributed by atoms with van der Waals surface area (Å²) in [6, 6.07) is 11.7. The molecule has 5 heteroatoms. The molecule has 2 aromatic rings. The molecule has 0 aliphatic heterocycles. The number of benzene rings is 2. The van der Waals surface area contributed by atoms with E-state index in [-0.39, 0.29) is 5.91 Å². The Bertz CT molecular complexity index is 648. The molecule has 0 aromatic heterocycles. The van der Waals surface area contributed by atoms with Crippen LogP contribution in [0.25, 0.3) is 0 Å². The Morgan fingerprint density at radius 2 is 1.71 bits per heavy atom. The van der Waals surface area contributed by atoms with Crippen LogP contribution in [0.1, 0.15) is 16.7 Å². The third-order valence-corrected chi connectivity index (χ3v) is 4.39. The lowest BCUT2D eigenvalue weighted by molar-refractivity contribution is -0.115. The molecule has 0 unspecified atom stereocenters. The topological polar surface area (TPSA) is 55.1 Å². The summed E-state index contributed by atoms with van der Waals surface area (Å²) in [5.41, 5.74) is 9.51. The molecular formula is C16H16Br2N2O. The smallest absolute Gasteiger partial charge is 0.228 e. The molecular weight excluding hydrogens is 396 g/mol. The quantitative estimate of drug-likeness (QED) is 0.793. The number of halogens is 2. The molecule has 0 aliphatic rings. The van der Waals surface area contributed by atoms with Crippen LogP contribution in [0.15, 0.2) is 45.3 Å². The first kappa shape index (κ1) is 16.2. The minimum Gasteiger partial charge on any atom is -0.326 e. The van der Waals surface area contributed by atoms with E-state index in [1.54, 1.807) is 0 Å². The van der Waals surface area contributed by atoms with Crippen LogP contribution in [-0.2, 0) is 17.8 Å². The summed E-state index contributed by atoms with van der Waals surface area (Å²) in [6.45, 7) is 2.43. The number of anilines is 1. The van der Waals surface area contributed by atoms with Crippen molar-refractivity contribution < 1.29 is 4.79 Å². The molecule has 0 fully saturated rings. The number of nitrogens with one attached hydrogen (secondary N) is 1. The molecule has 0 aliphatic carbocycles. The van der Waals surface area contributed by atoms with Crippen LogP contribution in [0.5, 0.6) is 0 Å². The molecule has 2 rings (SSSR count). The van der Waals surface area contributed by atoms with Gasteiger partial charge in [-0.25, -0.2) is 0 Å². The predicted octanol–water partition coefficient (Wildman–Crippen LogP) is 4.16. The predicted molar refractivity (Wildman–Crippen MR) is 93.2 cm³/mol. The Morgan fingerprint density at radius 3 is 2.29 bits per heavy atom. The van der Waals surface area contributed by atoms with Crippen molar-refractivity contribution in [3.8, 4) is 0 Å². The normalized spacial score (nSPS) is 10.5. The van der Waals surface area contributed by atoms with Crippen molar-refractivity contribution in [3.63, 3.8) is 0 Å². The van der Waals surface area contributed by atoms with E-state index in [0.717, 1.165) is 31.3 Å². The number of amides is 1. The molecule has 3 nitrogen and oxygen atoms in total. The Morgan fingerprint density at radius 1 is 1.14 bits per heavy atom. The van der Waals surface area contributed by atoms with Crippen molar-refractivity contribution in [2.24, 2.45) is 5.73 Å². The number of carbonyl (C=O) groups excluding carboxylic acids is 1. The summed E-state index contributed by atoms with van der Waals surface area (Å²) >= 11 is 6.95. The average Bonchev–Trinajstić information content (AvgIpc) is 2.43. The Hall–Kier alpha value is -1.17. The van der Waals surface area contributed by atoms with Crippen molar-refractivity contribution >= 4 is 43.5 Å². The van der Waals surface area contributed by atoms with Gasteiger partial charge in [-0.1, -0.05) is 24.3 Å². The van der Waals surface area contributed by atoms with Crippen LogP contribution in [-0.4, -0.2) is 5.91 Å². The van der Waals surface area contributed by atoms with Gasteiger partial charge < -0.3 is 11.1 Å². The van der Waals surface area contributed by atoms with Crippen molar-refractivity contribution in [2.75, 3.05) is 5.32 Å². The van der Waals surface area contributed by atoms with E-state index in [2.05, 4.69) is 37.2 Å². The van der Waals surface area contributed by atoms with Crippen molar-refractivity contribution in [3.05, 3.63) is 62.0 Å². The lowest BCUT2D eigenvalue weighted by atomic mass is 10.0. The molecule has 0 spiro atoms. The van der Waals surface area contributed by atoms with Crippen LogP contribution in [0.2, 0.25) is 0 Å². The molecule has 1 amide bonds. The van der Waals surface area contributed by atoms with Crippen LogP contribution in [0.4, 0.5) is 5.69 Å². The second kappa shape index (κ2) is 7.20. The fourth-order valence-electron chi connectivity index (χ4n) is 2.10. The van der Waals surface area contributed by atoms with Gasteiger partial charge >= 0.3 is 0 Å². The minimum absolute atomic E-state index is 0.0684. The second-order valence-electron chi connectivity index (χ2n) is 4.80. The van der Waals surface area contributed by atoms with E-state index in [1.807, 2.05) is 43.3 Å². The monoisotopic (exact) mass is 410 g/mol. The van der Waals surface area contributed by atoms with Crippen molar-refractivity contribution in [1.29, 1.82) is 0 Å². The van der Waals surface area contributed by atoms with Gasteiger partial charge in [-0.2, -0.15) is 0 Å². The van der Waals surface area contributed by atoms with Gasteiger partial charge in [-0.05, 0) is 67.6 Å². The summed E-state index contributed by atoms with van der Waals surface area (Å²) < 4.78 is 1.71. The van der Waals surface area contributed by atoms with E-state index in [4.69, 9.17) is 5.73 Å². The van der Waals surface area contributed by atoms with Crippen LogP contribution in [0, 0.1) is 6.92 Å². The maximum atomic E-state index is 12.2. The summed E-state index contributed by atoms with van der Waals surface area (Å²) in [5, 5.41) is 2.93. The van der Waals surface area contributed by atoms with Gasteiger partial charge in [0.15, 0.2) is 0 Å². The molecule has 3 N–H and O–H groups in total. The molecule has 0 radical (unpaired) electrons. The fraction of sp³-hybridized carbons (Fsp3) is 0.188. The first-order valence-electron chi connectivity index (χ1n) is 6.53. The molecule has 0 saturated heterocycles. The SMILES string of the molecule is Cc1cc(Br)c(NC(=O)Cc2ccccc2CN)c(Br)c1. The fourth-order valence-corrected chi connectivity index (χ4v) is 3.72. The van der Waals surface area contributed by atoms with Gasteiger partial charge in [0.2, 0.25) is 5.91 Å². The van der Waals surface area contributed by atoms with Gasteiger partial charge in [0.05, 0.1) is 12.1 Å². The lowest BCUT2D eigenvalue weighted by Crippen LogP contribution is -2.16. The Kier molecular flexibility index (Phi) is 5.56. The van der Waals surface area contributed by atoms with Gasteiger partial charge in [0.25, 0.3) is 0 Å². The number of aryl methyl sites for hydroxylation is 1. The molecule has 0 atom stereocenters. The van der Waals surface area contributed by atoms with E-state index in [9.17, 15) is 4.79 Å². The molecule has 0 heterocycles. The van der Waals surface area contributed by atoms with E-state index >= 15 is 0 Å². The highest BCUT2D eigenvalue weighted by Gasteiger charge is 2.12. The van der Waals surface area contributed by atoms with Crippen molar-refractivity contribution in [2.45, 2.75) is 19.9 Å². The summed E-state index contributed by atoms with van der Waals surface area (Å²) in [5.74, 6) is -0.0684. The summed E-state index contributed by atoms with van der Waals surface area (Å²) in [6.07, 6.45) is 0.306. The largest absolute Gasteiger partial charge is 0.326 e. The summed E-state index contributed by atoms with van der Waals surface area (Å²) in [7, 11) is 0. The first-order chi connectivity index (χ1) is 10.0. The lowest BCUT2D eigenvalue weighted by Gasteiger charge is -2.12. The third kappa shape index (κ3) is 4.15. The zero-order chi connectivity index (χ0) is 15.4. The molecule has 0 saturated carbocycles. The van der Waals surface area contributed by atoms with E-state index in [1.165, 1.54) is 0 Å². The van der Waals surface area contributed by atoms with E-state index < -0.39 is 0 Å². The maximum absolute atomic E-state index is 12.2. The number of hydrogen-bond donors (Lipinski definition) is 2. The highest BCUT2D eigenvalue weighted by molar-refractivity contribution is 9.11. The Balaban J connectivity index is 2.16. The third-order valence-electron chi connectivity index (χ3n) is 3.14. The van der Waals surface area contributed by atoms with Gasteiger partial charge in [0.1, 0.15) is 0 Å². The van der Waals surface area contributed by atoms with E-state index in [0.29, 0.717) is 13.0 Å². The number of carbonyl (C=O) groups is 1. The van der Waals surface area contributed by atoms with Crippen LogP contribution < -0.4 is 11.1 Å². The highest BCUT2D eigenvalue weighted by Crippen LogP contribution is 2.32. The zero-order valence-electron chi connectivity index (χ0n) is 11.6. The number of hydrogen-bond acceptors (Lipinski definition) is 2. The van der Waals surface area contributed by atoms with Gasteiger partial charge in [-0.15, -0.1) is 0 Å². The van der Waals surface area contributed by atoms with Gasteiger partial charge in [0, 0.05) is 15.5 Å². The van der Waals surface area contributed by atoms with Crippen LogP contribution in [0.3, 0.4) is 0 Å². The second-order valence-corrected chi connectivity index (χ2v) is 6.51. The molecule has 2 aromatic carbocycles. The minimum atomic E-state index is -0.0684. The number of nitrogens with two attached hydrogens (primary N) is 1. The highest BCUT2D eigenvalue weighted by atomic mass is 79.9. The zero-order valence-corrected chi connectivity index (χ0v) is 14.8. The Labute approximate surface area is 141 Å². The van der Waals surface area contributed by atoms with Crippen LogP contribution >= 0.6 is 31.9 Å². The average molecular weight is 412 g/mol. The molecule has 21 heavy (non-hydrogen) atoms.